The largest absolute Gasteiger partial charge is 0.454 e. The first-order valence-electron chi connectivity index (χ1n) is 11.0. The molecule has 0 bridgehead atoms. The third kappa shape index (κ3) is 4.49. The zero-order valence-corrected chi connectivity index (χ0v) is 19.7. The van der Waals surface area contributed by atoms with Crippen LogP contribution in [0.1, 0.15) is 25.3 Å². The molecule has 2 heterocycles. The normalized spacial score (nSPS) is 12.2. The molecular formula is C26H24N4O3S. The number of thioether (sulfide) groups is 1. The Morgan fingerprint density at radius 1 is 1.00 bits per heavy atom. The Kier molecular flexibility index (Phi) is 6.22. The highest BCUT2D eigenvalue weighted by atomic mass is 32.2. The quantitative estimate of drug-likeness (QED) is 0.357. The summed E-state index contributed by atoms with van der Waals surface area (Å²) in [6, 6.07) is 23.4. The van der Waals surface area contributed by atoms with Crippen molar-refractivity contribution >= 4 is 23.4 Å². The van der Waals surface area contributed by atoms with E-state index in [2.05, 4.69) is 29.4 Å². The van der Waals surface area contributed by atoms with Crippen molar-refractivity contribution in [1.29, 1.82) is 0 Å². The fourth-order valence-corrected chi connectivity index (χ4v) is 4.58. The van der Waals surface area contributed by atoms with Gasteiger partial charge in [0.1, 0.15) is 0 Å². The Balaban J connectivity index is 1.41. The number of carbonyl (C=O) groups excluding carboxylic acids is 1. The van der Waals surface area contributed by atoms with Gasteiger partial charge in [-0.3, -0.25) is 9.36 Å². The van der Waals surface area contributed by atoms with Crippen LogP contribution in [0.4, 0.5) is 5.69 Å². The molecular weight excluding hydrogens is 448 g/mol. The maximum Gasteiger partial charge on any atom is 0.234 e. The number of benzene rings is 3. The number of rotatable bonds is 7. The van der Waals surface area contributed by atoms with Gasteiger partial charge in [0.25, 0.3) is 0 Å². The Hall–Kier alpha value is -3.78. The molecule has 5 rings (SSSR count). The van der Waals surface area contributed by atoms with Crippen LogP contribution >= 0.6 is 11.8 Å². The minimum atomic E-state index is -0.0923. The average molecular weight is 473 g/mol. The van der Waals surface area contributed by atoms with Gasteiger partial charge in [0.15, 0.2) is 22.5 Å². The molecule has 1 aromatic heterocycles. The summed E-state index contributed by atoms with van der Waals surface area (Å²) in [5, 5.41) is 12.5. The predicted molar refractivity (Wildman–Crippen MR) is 133 cm³/mol. The Morgan fingerprint density at radius 2 is 1.76 bits per heavy atom. The first kappa shape index (κ1) is 22.0. The van der Waals surface area contributed by atoms with E-state index in [9.17, 15) is 4.79 Å². The number of hydrogen-bond donors (Lipinski definition) is 1. The van der Waals surface area contributed by atoms with Gasteiger partial charge < -0.3 is 14.8 Å². The number of nitrogens with zero attached hydrogens (tertiary/aromatic N) is 3. The third-order valence-electron chi connectivity index (χ3n) is 5.47. The van der Waals surface area contributed by atoms with Crippen LogP contribution in [0.25, 0.3) is 17.1 Å². The van der Waals surface area contributed by atoms with Crippen molar-refractivity contribution in [2.45, 2.75) is 24.9 Å². The van der Waals surface area contributed by atoms with E-state index in [1.165, 1.54) is 11.8 Å². The van der Waals surface area contributed by atoms with Crippen molar-refractivity contribution in [3.8, 4) is 28.6 Å². The SMILES string of the molecule is CC(C)c1ccccc1NC(=O)CSc1nnc(-c2ccc3c(c2)OCO3)n1-c1ccccc1. The van der Waals surface area contributed by atoms with Gasteiger partial charge >= 0.3 is 0 Å². The van der Waals surface area contributed by atoms with Gasteiger partial charge in [0.05, 0.1) is 5.75 Å². The van der Waals surface area contributed by atoms with Crippen LogP contribution in [0.3, 0.4) is 0 Å². The van der Waals surface area contributed by atoms with Crippen LogP contribution in [0.2, 0.25) is 0 Å². The van der Waals surface area contributed by atoms with Gasteiger partial charge in [-0.05, 0) is 47.9 Å². The molecule has 0 aliphatic carbocycles. The summed E-state index contributed by atoms with van der Waals surface area (Å²) in [5.41, 5.74) is 3.71. The molecule has 4 aromatic rings. The molecule has 1 N–H and O–H groups in total. The van der Waals surface area contributed by atoms with Crippen molar-refractivity contribution in [3.05, 3.63) is 78.4 Å². The molecule has 1 aliphatic heterocycles. The van der Waals surface area contributed by atoms with E-state index in [-0.39, 0.29) is 18.5 Å². The molecule has 34 heavy (non-hydrogen) atoms. The van der Waals surface area contributed by atoms with E-state index in [4.69, 9.17) is 9.47 Å². The molecule has 0 spiro atoms. The first-order valence-corrected chi connectivity index (χ1v) is 12.0. The van der Waals surface area contributed by atoms with Crippen molar-refractivity contribution in [2.75, 3.05) is 17.9 Å². The van der Waals surface area contributed by atoms with E-state index in [0.29, 0.717) is 28.4 Å². The number of para-hydroxylation sites is 2. The number of amides is 1. The molecule has 8 heteroatoms. The number of hydrogen-bond acceptors (Lipinski definition) is 6. The van der Waals surface area contributed by atoms with Crippen LogP contribution in [-0.2, 0) is 4.79 Å². The van der Waals surface area contributed by atoms with Crippen molar-refractivity contribution in [2.24, 2.45) is 0 Å². The second kappa shape index (κ2) is 9.61. The Labute approximate surface area is 202 Å². The zero-order chi connectivity index (χ0) is 23.5. The lowest BCUT2D eigenvalue weighted by Gasteiger charge is -2.14. The van der Waals surface area contributed by atoms with Crippen LogP contribution in [0.5, 0.6) is 11.5 Å². The molecule has 7 nitrogen and oxygen atoms in total. The van der Waals surface area contributed by atoms with Gasteiger partial charge in [-0.1, -0.05) is 62.0 Å². The van der Waals surface area contributed by atoms with Crippen molar-refractivity contribution in [1.82, 2.24) is 14.8 Å². The second-order valence-electron chi connectivity index (χ2n) is 8.12. The summed E-state index contributed by atoms with van der Waals surface area (Å²) in [5.74, 6) is 2.48. The van der Waals surface area contributed by atoms with Crippen LogP contribution in [-0.4, -0.2) is 33.2 Å². The highest BCUT2D eigenvalue weighted by Crippen LogP contribution is 2.37. The fourth-order valence-electron chi connectivity index (χ4n) is 3.83. The number of ether oxygens (including phenoxy) is 2. The van der Waals surface area contributed by atoms with Crippen molar-refractivity contribution < 1.29 is 14.3 Å². The topological polar surface area (TPSA) is 78.3 Å². The van der Waals surface area contributed by atoms with Gasteiger partial charge in [0.2, 0.25) is 12.7 Å². The van der Waals surface area contributed by atoms with Crippen molar-refractivity contribution in [3.63, 3.8) is 0 Å². The molecule has 3 aromatic carbocycles. The zero-order valence-electron chi connectivity index (χ0n) is 18.9. The molecule has 0 fully saturated rings. The summed E-state index contributed by atoms with van der Waals surface area (Å²) in [6.45, 7) is 4.43. The Morgan fingerprint density at radius 3 is 2.59 bits per heavy atom. The lowest BCUT2D eigenvalue weighted by Crippen LogP contribution is -2.16. The lowest BCUT2D eigenvalue weighted by atomic mass is 10.0. The van der Waals surface area contributed by atoms with Crippen LogP contribution in [0, 0.1) is 0 Å². The maximum atomic E-state index is 12.8. The van der Waals surface area contributed by atoms with E-state index in [0.717, 1.165) is 22.5 Å². The van der Waals surface area contributed by atoms with Crippen LogP contribution in [0.15, 0.2) is 78.0 Å². The monoisotopic (exact) mass is 472 g/mol. The predicted octanol–water partition coefficient (Wildman–Crippen LogP) is 5.52. The second-order valence-corrected chi connectivity index (χ2v) is 9.07. The van der Waals surface area contributed by atoms with E-state index in [1.54, 1.807) is 0 Å². The first-order chi connectivity index (χ1) is 16.6. The summed E-state index contributed by atoms with van der Waals surface area (Å²) >= 11 is 1.35. The highest BCUT2D eigenvalue weighted by Gasteiger charge is 2.21. The summed E-state index contributed by atoms with van der Waals surface area (Å²) in [7, 11) is 0. The summed E-state index contributed by atoms with van der Waals surface area (Å²) in [4.78, 5) is 12.8. The van der Waals surface area contributed by atoms with Crippen LogP contribution < -0.4 is 14.8 Å². The molecule has 0 saturated carbocycles. The molecule has 1 amide bonds. The minimum Gasteiger partial charge on any atom is -0.454 e. The fraction of sp³-hybridized carbons (Fsp3) is 0.192. The number of nitrogens with one attached hydrogen (secondary N) is 1. The minimum absolute atomic E-state index is 0.0923. The summed E-state index contributed by atoms with van der Waals surface area (Å²) < 4.78 is 12.9. The Bertz CT molecular complexity index is 1320. The van der Waals surface area contributed by atoms with E-state index in [1.807, 2.05) is 77.4 Å². The van der Waals surface area contributed by atoms with E-state index < -0.39 is 0 Å². The lowest BCUT2D eigenvalue weighted by molar-refractivity contribution is -0.113. The number of anilines is 1. The van der Waals surface area contributed by atoms with Gasteiger partial charge in [-0.2, -0.15) is 0 Å². The number of fused-ring (bicyclic) bond motifs is 1. The molecule has 1 aliphatic rings. The molecule has 0 unspecified atom stereocenters. The third-order valence-corrected chi connectivity index (χ3v) is 6.40. The molecule has 0 saturated heterocycles. The standard InChI is InChI=1S/C26H24N4O3S/c1-17(2)20-10-6-7-11-21(20)27-24(31)15-34-26-29-28-25(30(26)19-8-4-3-5-9-19)18-12-13-22-23(14-18)33-16-32-22/h3-14,17H,15-16H2,1-2H3,(H,27,31). The molecule has 0 radical (unpaired) electrons. The summed E-state index contributed by atoms with van der Waals surface area (Å²) in [6.07, 6.45) is 0. The molecule has 0 atom stereocenters. The smallest absolute Gasteiger partial charge is 0.234 e. The highest BCUT2D eigenvalue weighted by molar-refractivity contribution is 7.99. The molecule has 172 valence electrons. The van der Waals surface area contributed by atoms with Gasteiger partial charge in [0, 0.05) is 16.9 Å². The number of aromatic nitrogens is 3. The maximum absolute atomic E-state index is 12.8. The van der Waals surface area contributed by atoms with Gasteiger partial charge in [-0.15, -0.1) is 10.2 Å². The number of carbonyl (C=O) groups is 1. The van der Waals surface area contributed by atoms with E-state index >= 15 is 0 Å². The van der Waals surface area contributed by atoms with Gasteiger partial charge in [-0.25, -0.2) is 0 Å². The average Bonchev–Trinajstić information content (AvgIpc) is 3.50.